The highest BCUT2D eigenvalue weighted by Crippen LogP contribution is 1.95. The van der Waals surface area contributed by atoms with Crippen molar-refractivity contribution in [2.75, 3.05) is 0 Å². The molecule has 1 aromatic heterocycles. The van der Waals surface area contributed by atoms with E-state index in [4.69, 9.17) is 5.73 Å². The Kier molecular flexibility index (Phi) is 4.90. The second-order valence-corrected chi connectivity index (χ2v) is 2.32. The number of hydrogen-bond donors (Lipinski definition) is 1. The van der Waals surface area contributed by atoms with Crippen molar-refractivity contribution in [3.8, 4) is 0 Å². The summed E-state index contributed by atoms with van der Waals surface area (Å²) in [4.78, 5) is 0. The van der Waals surface area contributed by atoms with Gasteiger partial charge < -0.3 is 5.73 Å². The molecule has 0 saturated carbocycles. The van der Waals surface area contributed by atoms with Gasteiger partial charge in [0.15, 0.2) is 0 Å². The lowest BCUT2D eigenvalue weighted by molar-refractivity contribution is 0.602. The molecule has 1 aromatic rings. The summed E-state index contributed by atoms with van der Waals surface area (Å²) in [5, 5.41) is 4.11. The van der Waals surface area contributed by atoms with Crippen LogP contribution in [0.15, 0.2) is 12.4 Å². The van der Waals surface area contributed by atoms with E-state index in [9.17, 15) is 0 Å². The van der Waals surface area contributed by atoms with Crippen molar-refractivity contribution >= 4 is 12.4 Å². The van der Waals surface area contributed by atoms with Crippen molar-refractivity contribution in [3.63, 3.8) is 0 Å². The molecule has 0 spiro atoms. The van der Waals surface area contributed by atoms with Crippen molar-refractivity contribution < 1.29 is 0 Å². The first-order chi connectivity index (χ1) is 4.86. The SMILES string of the molecule is CCCn1cc(CN)cn1.Cl. The van der Waals surface area contributed by atoms with Gasteiger partial charge in [0.1, 0.15) is 0 Å². The van der Waals surface area contributed by atoms with Gasteiger partial charge in [0.2, 0.25) is 0 Å². The van der Waals surface area contributed by atoms with Crippen molar-refractivity contribution in [1.29, 1.82) is 0 Å². The molecule has 1 heterocycles. The Morgan fingerprint density at radius 1 is 1.64 bits per heavy atom. The maximum atomic E-state index is 5.41. The maximum Gasteiger partial charge on any atom is 0.0534 e. The number of nitrogens with two attached hydrogens (primary N) is 1. The summed E-state index contributed by atoms with van der Waals surface area (Å²) in [6, 6.07) is 0. The van der Waals surface area contributed by atoms with E-state index in [1.54, 1.807) is 0 Å². The van der Waals surface area contributed by atoms with Gasteiger partial charge in [-0.05, 0) is 6.42 Å². The Bertz CT molecular complexity index is 197. The van der Waals surface area contributed by atoms with E-state index in [1.165, 1.54) is 0 Å². The molecule has 0 unspecified atom stereocenters. The third kappa shape index (κ3) is 2.91. The largest absolute Gasteiger partial charge is 0.326 e. The lowest BCUT2D eigenvalue weighted by Gasteiger charge is -1.93. The second kappa shape index (κ2) is 5.16. The molecule has 0 aliphatic heterocycles. The molecule has 0 saturated heterocycles. The Morgan fingerprint density at radius 2 is 2.36 bits per heavy atom. The summed E-state index contributed by atoms with van der Waals surface area (Å²) >= 11 is 0. The fourth-order valence-electron chi connectivity index (χ4n) is 0.863. The van der Waals surface area contributed by atoms with Crippen LogP contribution in [-0.2, 0) is 13.1 Å². The molecule has 0 bridgehead atoms. The lowest BCUT2D eigenvalue weighted by Crippen LogP contribution is -1.97. The summed E-state index contributed by atoms with van der Waals surface area (Å²) in [7, 11) is 0. The van der Waals surface area contributed by atoms with Crippen LogP contribution in [-0.4, -0.2) is 9.78 Å². The first-order valence-corrected chi connectivity index (χ1v) is 3.58. The number of nitrogens with zero attached hydrogens (tertiary/aromatic N) is 2. The first-order valence-electron chi connectivity index (χ1n) is 3.58. The van der Waals surface area contributed by atoms with Crippen molar-refractivity contribution in [2.24, 2.45) is 5.73 Å². The molecule has 4 heteroatoms. The number of rotatable bonds is 3. The van der Waals surface area contributed by atoms with Crippen LogP contribution in [0.5, 0.6) is 0 Å². The highest BCUT2D eigenvalue weighted by atomic mass is 35.5. The van der Waals surface area contributed by atoms with E-state index < -0.39 is 0 Å². The number of aromatic nitrogens is 2. The first kappa shape index (κ1) is 10.5. The number of hydrogen-bond acceptors (Lipinski definition) is 2. The van der Waals surface area contributed by atoms with Crippen LogP contribution in [0.3, 0.4) is 0 Å². The van der Waals surface area contributed by atoms with E-state index >= 15 is 0 Å². The molecule has 0 amide bonds. The Labute approximate surface area is 73.0 Å². The van der Waals surface area contributed by atoms with Crippen LogP contribution in [0.25, 0.3) is 0 Å². The van der Waals surface area contributed by atoms with Gasteiger partial charge in [0, 0.05) is 24.8 Å². The molecule has 0 fully saturated rings. The smallest absolute Gasteiger partial charge is 0.0534 e. The van der Waals surface area contributed by atoms with Gasteiger partial charge in [0.25, 0.3) is 0 Å². The fraction of sp³-hybridized carbons (Fsp3) is 0.571. The molecule has 0 radical (unpaired) electrons. The van der Waals surface area contributed by atoms with Gasteiger partial charge in [-0.25, -0.2) is 0 Å². The average Bonchev–Trinajstić information content (AvgIpc) is 2.37. The molecular formula is C7H14ClN3. The lowest BCUT2D eigenvalue weighted by atomic mass is 10.4. The normalized spacial score (nSPS) is 9.27. The molecule has 11 heavy (non-hydrogen) atoms. The van der Waals surface area contributed by atoms with Crippen LogP contribution >= 0.6 is 12.4 Å². The highest BCUT2D eigenvalue weighted by Gasteiger charge is 1.92. The zero-order valence-electron chi connectivity index (χ0n) is 6.66. The van der Waals surface area contributed by atoms with E-state index in [-0.39, 0.29) is 12.4 Å². The molecule has 1 rings (SSSR count). The zero-order chi connectivity index (χ0) is 7.40. The average molecular weight is 176 g/mol. The summed E-state index contributed by atoms with van der Waals surface area (Å²) in [6.07, 6.45) is 4.92. The van der Waals surface area contributed by atoms with Gasteiger partial charge >= 0.3 is 0 Å². The Morgan fingerprint density at radius 3 is 2.82 bits per heavy atom. The minimum atomic E-state index is 0. The van der Waals surface area contributed by atoms with Gasteiger partial charge in [0.05, 0.1) is 6.20 Å². The van der Waals surface area contributed by atoms with Crippen molar-refractivity contribution in [3.05, 3.63) is 18.0 Å². The van der Waals surface area contributed by atoms with Gasteiger partial charge in [-0.1, -0.05) is 6.92 Å². The van der Waals surface area contributed by atoms with Gasteiger partial charge in [-0.3, -0.25) is 4.68 Å². The quantitative estimate of drug-likeness (QED) is 0.750. The molecule has 3 nitrogen and oxygen atoms in total. The van der Waals surface area contributed by atoms with Crippen LogP contribution in [0.1, 0.15) is 18.9 Å². The summed E-state index contributed by atoms with van der Waals surface area (Å²) < 4.78 is 1.92. The molecular weight excluding hydrogens is 162 g/mol. The van der Waals surface area contributed by atoms with Crippen LogP contribution in [0.2, 0.25) is 0 Å². The monoisotopic (exact) mass is 175 g/mol. The molecule has 2 N–H and O–H groups in total. The minimum absolute atomic E-state index is 0. The molecule has 0 aliphatic rings. The molecule has 64 valence electrons. The molecule has 0 aliphatic carbocycles. The fourth-order valence-corrected chi connectivity index (χ4v) is 0.863. The van der Waals surface area contributed by atoms with Crippen molar-refractivity contribution in [1.82, 2.24) is 9.78 Å². The third-order valence-corrected chi connectivity index (χ3v) is 1.38. The predicted molar refractivity (Wildman–Crippen MR) is 47.7 cm³/mol. The highest BCUT2D eigenvalue weighted by molar-refractivity contribution is 5.85. The topological polar surface area (TPSA) is 43.8 Å². The Balaban J connectivity index is 0.000001000. The Hall–Kier alpha value is -0.540. The summed E-state index contributed by atoms with van der Waals surface area (Å²) in [6.45, 7) is 3.70. The third-order valence-electron chi connectivity index (χ3n) is 1.38. The molecule has 0 aromatic carbocycles. The second-order valence-electron chi connectivity index (χ2n) is 2.32. The minimum Gasteiger partial charge on any atom is -0.326 e. The van der Waals surface area contributed by atoms with E-state index in [0.717, 1.165) is 18.5 Å². The summed E-state index contributed by atoms with van der Waals surface area (Å²) in [5.41, 5.74) is 6.51. The van der Waals surface area contributed by atoms with Gasteiger partial charge in [-0.2, -0.15) is 5.10 Å². The molecule has 0 atom stereocenters. The summed E-state index contributed by atoms with van der Waals surface area (Å²) in [5.74, 6) is 0. The van der Waals surface area contributed by atoms with Crippen LogP contribution < -0.4 is 5.73 Å². The van der Waals surface area contributed by atoms with Crippen LogP contribution in [0, 0.1) is 0 Å². The van der Waals surface area contributed by atoms with Crippen molar-refractivity contribution in [2.45, 2.75) is 26.4 Å². The number of aryl methyl sites for hydroxylation is 1. The number of halogens is 1. The van der Waals surface area contributed by atoms with E-state index in [2.05, 4.69) is 12.0 Å². The maximum absolute atomic E-state index is 5.41. The van der Waals surface area contributed by atoms with E-state index in [0.29, 0.717) is 6.54 Å². The standard InChI is InChI=1S/C7H13N3.ClH/c1-2-3-10-6-7(4-8)5-9-10;/h5-6H,2-4,8H2,1H3;1H. The van der Waals surface area contributed by atoms with Crippen LogP contribution in [0.4, 0.5) is 0 Å². The van der Waals surface area contributed by atoms with E-state index in [1.807, 2.05) is 17.1 Å². The zero-order valence-corrected chi connectivity index (χ0v) is 7.47. The predicted octanol–water partition coefficient (Wildman–Crippen LogP) is 1.17. The van der Waals surface area contributed by atoms with Gasteiger partial charge in [-0.15, -0.1) is 12.4 Å².